The van der Waals surface area contributed by atoms with E-state index in [0.717, 1.165) is 82.6 Å². The Morgan fingerprint density at radius 2 is 1.20 bits per heavy atom. The van der Waals surface area contributed by atoms with Gasteiger partial charge in [0.2, 0.25) is 0 Å². The molecule has 1 aliphatic heterocycles. The van der Waals surface area contributed by atoms with Crippen molar-refractivity contribution in [3.8, 4) is 16.8 Å². The summed E-state index contributed by atoms with van der Waals surface area (Å²) in [5.74, 6) is 2.21. The molecule has 0 aliphatic carbocycles. The van der Waals surface area contributed by atoms with Crippen LogP contribution in [0, 0.1) is 0 Å². The van der Waals surface area contributed by atoms with Gasteiger partial charge in [0.25, 0.3) is 5.84 Å². The van der Waals surface area contributed by atoms with Gasteiger partial charge in [-0.2, -0.15) is 0 Å². The second-order valence-corrected chi connectivity index (χ2v) is 13.5. The highest BCUT2D eigenvalue weighted by Crippen LogP contribution is 2.39. The Kier molecular flexibility index (Phi) is 6.84. The van der Waals surface area contributed by atoms with Gasteiger partial charge in [-0.25, -0.2) is 9.98 Å². The van der Waals surface area contributed by atoms with E-state index in [1.807, 2.05) is 48.5 Å². The molecule has 0 spiro atoms. The lowest BCUT2D eigenvalue weighted by atomic mass is 10.0. The molecule has 51 heavy (non-hydrogen) atoms. The van der Waals surface area contributed by atoms with Gasteiger partial charge < -0.3 is 8.98 Å². The topological polar surface area (TPSA) is 56.6 Å². The Morgan fingerprint density at radius 1 is 0.529 bits per heavy atom. The van der Waals surface area contributed by atoms with E-state index in [1.165, 1.54) is 10.8 Å². The third-order valence-corrected chi connectivity index (χ3v) is 10.3. The fraction of sp³-hybridized carbons (Fsp3) is 0. The smallest absolute Gasteiger partial charge is 0.360 e. The highest BCUT2D eigenvalue weighted by atomic mass is 79.9. The number of halogens is 1. The molecular weight excluding hydrogens is 692 g/mol. The second-order valence-electron chi connectivity index (χ2n) is 12.7. The molecule has 0 bridgehead atoms. The molecule has 0 saturated heterocycles. The van der Waals surface area contributed by atoms with Crippen LogP contribution in [-0.4, -0.2) is 22.1 Å². The Balaban J connectivity index is 1.08. The zero-order valence-electron chi connectivity index (χ0n) is 27.2. The van der Waals surface area contributed by atoms with E-state index in [0.29, 0.717) is 5.84 Å². The predicted octanol–water partition coefficient (Wildman–Crippen LogP) is 10.4. The van der Waals surface area contributed by atoms with Crippen LogP contribution in [0.15, 0.2) is 178 Å². The maximum atomic E-state index is 6.15. The highest BCUT2D eigenvalue weighted by molar-refractivity contribution is 9.10. The van der Waals surface area contributed by atoms with Crippen molar-refractivity contribution in [1.82, 2.24) is 14.6 Å². The number of para-hydroxylation sites is 1. The lowest BCUT2D eigenvalue weighted by Crippen LogP contribution is -2.38. The van der Waals surface area contributed by atoms with Crippen LogP contribution < -0.4 is 9.98 Å². The Hall–Kier alpha value is -6.46. The van der Waals surface area contributed by atoms with Gasteiger partial charge in [-0.05, 0) is 102 Å². The molecule has 9 aromatic rings. The number of hydrogen-bond acceptors (Lipinski definition) is 3. The molecule has 0 radical (unpaired) electrons. The summed E-state index contributed by atoms with van der Waals surface area (Å²) in [6.45, 7) is 0. The summed E-state index contributed by atoms with van der Waals surface area (Å²) >= 11 is 3.73. The van der Waals surface area contributed by atoms with Crippen molar-refractivity contribution in [3.05, 3.63) is 185 Å². The van der Waals surface area contributed by atoms with Gasteiger partial charge in [-0.1, -0.05) is 93.7 Å². The summed E-state index contributed by atoms with van der Waals surface area (Å²) in [7, 11) is 0. The minimum absolute atomic E-state index is 0.666. The van der Waals surface area contributed by atoms with Gasteiger partial charge in [0.05, 0.1) is 27.7 Å². The number of benzene rings is 7. The first-order valence-corrected chi connectivity index (χ1v) is 17.6. The molecule has 0 atom stereocenters. The molecule has 240 valence electrons. The number of fused-ring (bicyclic) bond motifs is 6. The highest BCUT2D eigenvalue weighted by Gasteiger charge is 2.26. The fourth-order valence-electron chi connectivity index (χ4n) is 7.15. The van der Waals surface area contributed by atoms with Crippen molar-refractivity contribution >= 4 is 77.2 Å². The second kappa shape index (κ2) is 11.9. The molecule has 3 heterocycles. The number of aromatic nitrogens is 1. The van der Waals surface area contributed by atoms with E-state index in [4.69, 9.17) is 14.1 Å². The number of furan rings is 1. The average molecular weight is 721 g/mol. The molecule has 1 N–H and O–H groups in total. The minimum atomic E-state index is 0.666. The molecule has 5 nitrogen and oxygen atoms in total. The van der Waals surface area contributed by atoms with Gasteiger partial charge in [0.1, 0.15) is 11.2 Å². The summed E-state index contributed by atoms with van der Waals surface area (Å²) in [6, 6.07) is 56.8. The van der Waals surface area contributed by atoms with Crippen molar-refractivity contribution in [2.75, 3.05) is 0 Å². The predicted molar refractivity (Wildman–Crippen MR) is 214 cm³/mol. The molecular formula is C45H28BrN4O+. The number of rotatable bonds is 5. The van der Waals surface area contributed by atoms with Gasteiger partial charge in [0.15, 0.2) is 0 Å². The van der Waals surface area contributed by atoms with Gasteiger partial charge in [0, 0.05) is 31.7 Å². The van der Waals surface area contributed by atoms with Gasteiger partial charge in [-0.15, -0.1) is 0 Å². The van der Waals surface area contributed by atoms with Crippen molar-refractivity contribution in [3.63, 3.8) is 0 Å². The lowest BCUT2D eigenvalue weighted by molar-refractivity contribution is 0.669. The van der Waals surface area contributed by atoms with Crippen LogP contribution in [-0.2, 0) is 0 Å². The summed E-state index contributed by atoms with van der Waals surface area (Å²) in [5, 5.41) is 8.07. The van der Waals surface area contributed by atoms with Gasteiger partial charge in [-0.3, -0.25) is 0 Å². The van der Waals surface area contributed by atoms with E-state index in [9.17, 15) is 0 Å². The van der Waals surface area contributed by atoms with E-state index in [2.05, 4.69) is 141 Å². The Labute approximate surface area is 301 Å². The fourth-order valence-corrected chi connectivity index (χ4v) is 7.71. The molecule has 0 saturated carbocycles. The summed E-state index contributed by atoms with van der Waals surface area (Å²) in [5.41, 5.74) is 10.4. The first-order valence-electron chi connectivity index (χ1n) is 16.9. The van der Waals surface area contributed by atoms with Crippen LogP contribution in [0.1, 0.15) is 16.7 Å². The zero-order valence-corrected chi connectivity index (χ0v) is 28.8. The number of hydrogen-bond donors (Lipinski definition) is 1. The minimum Gasteiger partial charge on any atom is -0.456 e. The summed E-state index contributed by atoms with van der Waals surface area (Å²) in [4.78, 5) is 4.99. The lowest BCUT2D eigenvalue weighted by Gasteiger charge is -2.10. The van der Waals surface area contributed by atoms with E-state index in [-0.39, 0.29) is 0 Å². The molecule has 7 aromatic carbocycles. The molecule has 10 rings (SSSR count). The monoisotopic (exact) mass is 719 g/mol. The molecule has 0 amide bonds. The van der Waals surface area contributed by atoms with Crippen LogP contribution in [0.4, 0.5) is 0 Å². The molecule has 0 fully saturated rings. The SMILES string of the molecule is Brc1cccc2oc3ccc(-c4ccc5c(c4)c4ccccc4n5-c4ccc(C5=[N+]=C(c6ccccc6)NC(c6ccccc6)=N5)cc4)cc3c12. The van der Waals surface area contributed by atoms with E-state index < -0.39 is 0 Å². The van der Waals surface area contributed by atoms with E-state index >= 15 is 0 Å². The van der Waals surface area contributed by atoms with E-state index in [1.54, 1.807) is 0 Å². The third kappa shape index (κ3) is 5.00. The Bertz CT molecular complexity index is 2910. The molecule has 0 unspecified atom stereocenters. The third-order valence-electron chi connectivity index (χ3n) is 9.60. The number of amidine groups is 3. The number of aliphatic imine (C=N–C) groups is 1. The first kappa shape index (κ1) is 29.5. The standard InChI is InChI=1S/C45H27BrN4O/c46-37-15-9-17-41-42(37)36-27-32(21-25-40(36)51-41)31-20-24-39-35(26-31)34-14-7-8-16-38(34)50(39)33-22-18-30(19-23-33)45-48-43(28-10-3-1-4-11-28)47-44(49-45)29-12-5-2-6-13-29/h1-27H/p+1. The number of nitrogens with one attached hydrogen (secondary N) is 1. The van der Waals surface area contributed by atoms with Crippen molar-refractivity contribution in [2.24, 2.45) is 4.99 Å². The quantitative estimate of drug-likeness (QED) is 0.180. The van der Waals surface area contributed by atoms with Crippen LogP contribution in [0.5, 0.6) is 0 Å². The zero-order chi connectivity index (χ0) is 33.9. The summed E-state index contributed by atoms with van der Waals surface area (Å²) < 4.78 is 14.5. The molecule has 1 aliphatic rings. The molecule has 6 heteroatoms. The maximum absolute atomic E-state index is 6.15. The van der Waals surface area contributed by atoms with Crippen LogP contribution >= 0.6 is 15.9 Å². The van der Waals surface area contributed by atoms with Crippen molar-refractivity contribution in [1.29, 1.82) is 0 Å². The van der Waals surface area contributed by atoms with Crippen LogP contribution in [0.3, 0.4) is 0 Å². The number of nitrogens with zero attached hydrogens (tertiary/aromatic N) is 3. The van der Waals surface area contributed by atoms with Crippen molar-refractivity contribution in [2.45, 2.75) is 0 Å². The molecule has 2 aromatic heterocycles. The summed E-state index contributed by atoms with van der Waals surface area (Å²) in [6.07, 6.45) is 0. The normalized spacial score (nSPS) is 13.0. The van der Waals surface area contributed by atoms with Crippen LogP contribution in [0.25, 0.3) is 60.6 Å². The average Bonchev–Trinajstić information content (AvgIpc) is 3.74. The first-order chi connectivity index (χ1) is 25.2. The van der Waals surface area contributed by atoms with Gasteiger partial charge >= 0.3 is 11.7 Å². The van der Waals surface area contributed by atoms with Crippen LogP contribution in [0.2, 0.25) is 0 Å². The Morgan fingerprint density at radius 3 is 2.00 bits per heavy atom. The van der Waals surface area contributed by atoms with Crippen molar-refractivity contribution < 1.29 is 4.42 Å². The maximum Gasteiger partial charge on any atom is 0.360 e. The largest absolute Gasteiger partial charge is 0.456 e.